The summed E-state index contributed by atoms with van der Waals surface area (Å²) >= 11 is 0. The average molecular weight is 387 g/mol. The molecule has 9 nitrogen and oxygen atoms in total. The van der Waals surface area contributed by atoms with Crippen molar-refractivity contribution >= 4 is 17.8 Å². The molecule has 0 radical (unpaired) electrons. The third-order valence-electron chi connectivity index (χ3n) is 5.47. The van der Waals surface area contributed by atoms with Gasteiger partial charge < -0.3 is 19.9 Å². The topological polar surface area (TPSA) is 122 Å². The normalized spacial score (nSPS) is 22.6. The largest absolute Gasteiger partial charge is 0.446 e. The molecule has 9 heteroatoms. The van der Waals surface area contributed by atoms with Gasteiger partial charge in [-0.25, -0.2) is 4.79 Å². The molecule has 0 bridgehead atoms. The second-order valence-corrected chi connectivity index (χ2v) is 7.73. The van der Waals surface area contributed by atoms with E-state index >= 15 is 0 Å². The van der Waals surface area contributed by atoms with E-state index in [1.165, 1.54) is 19.1 Å². The maximum atomic E-state index is 12.0. The number of hydrogen-bond donors (Lipinski definition) is 3. The van der Waals surface area contributed by atoms with Gasteiger partial charge in [-0.3, -0.25) is 9.89 Å². The van der Waals surface area contributed by atoms with Crippen LogP contribution in [0.1, 0.15) is 56.3 Å². The number of rotatable bonds is 7. The van der Waals surface area contributed by atoms with Crippen molar-refractivity contribution in [1.29, 1.82) is 0 Å². The Kier molecular flexibility index (Phi) is 5.31. The highest BCUT2D eigenvalue weighted by atomic mass is 16.6. The summed E-state index contributed by atoms with van der Waals surface area (Å²) in [4.78, 5) is 24.0. The molecule has 2 saturated carbocycles. The minimum Gasteiger partial charge on any atom is -0.446 e. The fourth-order valence-electron chi connectivity index (χ4n) is 3.71. The number of carbonyl (C=O) groups excluding carboxylic acids is 2. The summed E-state index contributed by atoms with van der Waals surface area (Å²) in [6, 6.07) is 3.67. The minimum absolute atomic E-state index is 0.0927. The van der Waals surface area contributed by atoms with Gasteiger partial charge in [0.1, 0.15) is 12.4 Å². The molecule has 2 aromatic heterocycles. The molecule has 3 N–H and O–H groups in total. The van der Waals surface area contributed by atoms with E-state index in [-0.39, 0.29) is 36.5 Å². The predicted molar refractivity (Wildman–Crippen MR) is 99.6 cm³/mol. The van der Waals surface area contributed by atoms with Crippen molar-refractivity contribution in [3.63, 3.8) is 0 Å². The number of ether oxygens (including phenoxy) is 1. The molecule has 2 amide bonds. The fourth-order valence-corrected chi connectivity index (χ4v) is 3.71. The molecule has 150 valence electrons. The third-order valence-corrected chi connectivity index (χ3v) is 5.47. The number of aromatic amines is 1. The Morgan fingerprint density at radius 1 is 1.36 bits per heavy atom. The van der Waals surface area contributed by atoms with E-state index in [1.54, 1.807) is 6.07 Å². The Morgan fingerprint density at radius 2 is 2.21 bits per heavy atom. The van der Waals surface area contributed by atoms with Crippen LogP contribution in [-0.2, 0) is 16.0 Å². The lowest BCUT2D eigenvalue weighted by molar-refractivity contribution is -0.115. The molecule has 0 saturated heterocycles. The zero-order chi connectivity index (χ0) is 19.5. The molecule has 0 aromatic carbocycles. The molecule has 0 aliphatic heterocycles. The van der Waals surface area contributed by atoms with Crippen LogP contribution in [-0.4, -0.2) is 39.5 Å². The minimum atomic E-state index is -0.324. The van der Waals surface area contributed by atoms with Crippen molar-refractivity contribution in [1.82, 2.24) is 20.7 Å². The molecule has 0 spiro atoms. The zero-order valence-electron chi connectivity index (χ0n) is 15.8. The van der Waals surface area contributed by atoms with Crippen LogP contribution in [0, 0.1) is 5.92 Å². The Bertz CT molecular complexity index is 814. The first kappa shape index (κ1) is 18.5. The molecular weight excluding hydrogens is 362 g/mol. The first-order valence-corrected chi connectivity index (χ1v) is 9.78. The lowest BCUT2D eigenvalue weighted by atomic mass is 10.0. The molecule has 2 aliphatic carbocycles. The Hall–Kier alpha value is -2.84. The van der Waals surface area contributed by atoms with Crippen LogP contribution in [0.3, 0.4) is 0 Å². The molecule has 4 rings (SSSR count). The summed E-state index contributed by atoms with van der Waals surface area (Å²) in [5.74, 6) is 1.10. The van der Waals surface area contributed by atoms with Crippen LogP contribution in [0.15, 0.2) is 22.9 Å². The monoisotopic (exact) mass is 387 g/mol. The van der Waals surface area contributed by atoms with E-state index in [4.69, 9.17) is 9.26 Å². The van der Waals surface area contributed by atoms with Gasteiger partial charge in [0.2, 0.25) is 5.91 Å². The Balaban J connectivity index is 1.24. The maximum absolute atomic E-state index is 12.0. The number of aromatic nitrogens is 3. The molecule has 2 aromatic rings. The van der Waals surface area contributed by atoms with Gasteiger partial charge in [-0.2, -0.15) is 5.10 Å². The van der Waals surface area contributed by atoms with E-state index in [2.05, 4.69) is 26.0 Å². The highest BCUT2D eigenvalue weighted by Gasteiger charge is 2.32. The number of H-pyrrole nitrogens is 1. The van der Waals surface area contributed by atoms with Crippen LogP contribution in [0.5, 0.6) is 0 Å². The van der Waals surface area contributed by atoms with Gasteiger partial charge in [-0.1, -0.05) is 5.16 Å². The van der Waals surface area contributed by atoms with Gasteiger partial charge in [0.25, 0.3) is 0 Å². The summed E-state index contributed by atoms with van der Waals surface area (Å²) in [7, 11) is 0. The fraction of sp³-hybridized carbons (Fsp3) is 0.579. The second-order valence-electron chi connectivity index (χ2n) is 7.73. The summed E-state index contributed by atoms with van der Waals surface area (Å²) in [5.41, 5.74) is 1.51. The summed E-state index contributed by atoms with van der Waals surface area (Å²) < 4.78 is 10.3. The Labute approximate surface area is 162 Å². The predicted octanol–water partition coefficient (Wildman–Crippen LogP) is 2.74. The number of nitrogens with zero attached hydrogens (tertiary/aromatic N) is 2. The SMILES string of the molecule is C[C@H](NC(=O)O[C@@H]1CC[C@H](c2cc(NC(=O)Cc3ccon3)n[nH]2)C1)C1CC1. The van der Waals surface area contributed by atoms with Gasteiger partial charge in [-0.15, -0.1) is 0 Å². The molecule has 28 heavy (non-hydrogen) atoms. The van der Waals surface area contributed by atoms with Gasteiger partial charge in [0, 0.05) is 29.8 Å². The van der Waals surface area contributed by atoms with Crippen molar-refractivity contribution in [2.24, 2.45) is 5.92 Å². The highest BCUT2D eigenvalue weighted by Crippen LogP contribution is 2.36. The van der Waals surface area contributed by atoms with E-state index in [0.717, 1.165) is 25.0 Å². The molecule has 3 atom stereocenters. The number of alkyl carbamates (subject to hydrolysis) is 1. The lowest BCUT2D eigenvalue weighted by Crippen LogP contribution is -2.36. The smallest absolute Gasteiger partial charge is 0.407 e. The summed E-state index contributed by atoms with van der Waals surface area (Å²) in [5, 5.41) is 16.5. The van der Waals surface area contributed by atoms with E-state index in [9.17, 15) is 9.59 Å². The second kappa shape index (κ2) is 8.04. The summed E-state index contributed by atoms with van der Waals surface area (Å²) in [6.45, 7) is 2.03. The number of hydrogen-bond acceptors (Lipinski definition) is 6. The van der Waals surface area contributed by atoms with Crippen molar-refractivity contribution in [3.05, 3.63) is 29.8 Å². The van der Waals surface area contributed by atoms with Crippen molar-refractivity contribution < 1.29 is 18.8 Å². The van der Waals surface area contributed by atoms with Gasteiger partial charge >= 0.3 is 6.09 Å². The van der Waals surface area contributed by atoms with Crippen molar-refractivity contribution in [3.8, 4) is 0 Å². The number of carbonyl (C=O) groups is 2. The molecule has 2 heterocycles. The number of amides is 2. The lowest BCUT2D eigenvalue weighted by Gasteiger charge is -2.16. The zero-order valence-corrected chi connectivity index (χ0v) is 15.8. The van der Waals surface area contributed by atoms with Crippen LogP contribution in [0.2, 0.25) is 0 Å². The first-order valence-electron chi connectivity index (χ1n) is 9.78. The van der Waals surface area contributed by atoms with Crippen molar-refractivity contribution in [2.75, 3.05) is 5.32 Å². The van der Waals surface area contributed by atoms with E-state index < -0.39 is 0 Å². The summed E-state index contributed by atoms with van der Waals surface area (Å²) in [6.07, 6.45) is 6.00. The van der Waals surface area contributed by atoms with Crippen LogP contribution in [0.25, 0.3) is 0 Å². The number of anilines is 1. The molecular formula is C19H25N5O4. The quantitative estimate of drug-likeness (QED) is 0.671. The van der Waals surface area contributed by atoms with E-state index in [0.29, 0.717) is 17.4 Å². The molecule has 0 unspecified atom stereocenters. The molecule has 2 aliphatic rings. The first-order chi connectivity index (χ1) is 13.6. The average Bonchev–Trinajstić information content (AvgIpc) is 3.01. The maximum Gasteiger partial charge on any atom is 0.407 e. The van der Waals surface area contributed by atoms with Crippen LogP contribution in [0.4, 0.5) is 10.6 Å². The van der Waals surface area contributed by atoms with E-state index in [1.807, 2.05) is 13.0 Å². The van der Waals surface area contributed by atoms with Gasteiger partial charge in [0.05, 0.1) is 12.1 Å². The van der Waals surface area contributed by atoms with Crippen LogP contribution < -0.4 is 10.6 Å². The standard InChI is InChI=1S/C19H25N5O4/c1-11(12-2-3-12)20-19(26)28-15-5-4-13(8-15)16-10-17(23-22-16)21-18(25)9-14-6-7-27-24-14/h6-7,10-13,15H,2-5,8-9H2,1H3,(H,20,26)(H2,21,22,23,25)/t11-,13-,15+/m0/s1. The van der Waals surface area contributed by atoms with Crippen molar-refractivity contribution in [2.45, 2.75) is 63.5 Å². The van der Waals surface area contributed by atoms with Gasteiger partial charge in [-0.05, 0) is 44.9 Å². The third kappa shape index (κ3) is 4.71. The van der Waals surface area contributed by atoms with Gasteiger partial charge in [0.15, 0.2) is 5.82 Å². The molecule has 2 fully saturated rings. The number of nitrogens with one attached hydrogen (secondary N) is 3. The Morgan fingerprint density at radius 3 is 2.96 bits per heavy atom. The van der Waals surface area contributed by atoms with Crippen LogP contribution >= 0.6 is 0 Å². The highest BCUT2D eigenvalue weighted by molar-refractivity contribution is 5.91.